The average Bonchev–Trinajstić information content (AvgIpc) is 2.61. The highest BCUT2D eigenvalue weighted by molar-refractivity contribution is 14.0. The number of aromatic nitrogens is 1. The summed E-state index contributed by atoms with van der Waals surface area (Å²) in [5.74, 6) is 1.77. The van der Waals surface area contributed by atoms with Crippen LogP contribution in [0, 0.1) is 0 Å². The molecule has 1 aliphatic rings. The second-order valence-corrected chi connectivity index (χ2v) is 6.34. The zero-order valence-corrected chi connectivity index (χ0v) is 18.1. The number of pyridine rings is 1. The van der Waals surface area contributed by atoms with Crippen molar-refractivity contribution in [3.05, 3.63) is 24.4 Å². The van der Waals surface area contributed by atoms with Crippen molar-refractivity contribution >= 4 is 35.8 Å². The summed E-state index contributed by atoms with van der Waals surface area (Å²) in [6.07, 6.45) is -1.73. The number of alkyl halides is 3. The molecule has 0 saturated carbocycles. The number of halogens is 4. The number of nitrogens with one attached hydrogen (secondary N) is 1. The second kappa shape index (κ2) is 11.5. The van der Waals surface area contributed by atoms with Crippen molar-refractivity contribution in [2.75, 3.05) is 64.8 Å². The molecule has 1 aromatic rings. The van der Waals surface area contributed by atoms with Gasteiger partial charge in [0.2, 0.25) is 0 Å². The molecule has 0 spiro atoms. The van der Waals surface area contributed by atoms with E-state index in [0.717, 1.165) is 38.0 Å². The third-order valence-electron chi connectivity index (χ3n) is 4.21. The summed E-state index contributed by atoms with van der Waals surface area (Å²) in [7, 11) is 3.21. The number of hydrogen-bond acceptors (Lipinski definition) is 4. The lowest BCUT2D eigenvalue weighted by molar-refractivity contribution is -0.143. The first-order chi connectivity index (χ1) is 12.4. The van der Waals surface area contributed by atoms with Gasteiger partial charge in [0.05, 0.1) is 6.54 Å². The van der Waals surface area contributed by atoms with Crippen LogP contribution in [-0.4, -0.2) is 86.8 Å². The van der Waals surface area contributed by atoms with Crippen molar-refractivity contribution in [2.24, 2.45) is 4.99 Å². The molecule has 1 fully saturated rings. The molecule has 0 aromatic carbocycles. The lowest BCUT2D eigenvalue weighted by Crippen LogP contribution is -2.53. The maximum atomic E-state index is 12.3. The normalized spacial score (nSPS) is 15.7. The van der Waals surface area contributed by atoms with Crippen LogP contribution in [0.3, 0.4) is 0 Å². The van der Waals surface area contributed by atoms with Gasteiger partial charge in [-0.25, -0.2) is 4.98 Å². The van der Waals surface area contributed by atoms with Gasteiger partial charge in [-0.05, 0) is 32.1 Å². The lowest BCUT2D eigenvalue weighted by atomic mass is 10.3. The van der Waals surface area contributed by atoms with Gasteiger partial charge in [0.25, 0.3) is 0 Å². The lowest BCUT2D eigenvalue weighted by Gasteiger charge is -2.37. The van der Waals surface area contributed by atoms with Crippen molar-refractivity contribution in [1.29, 1.82) is 0 Å². The quantitative estimate of drug-likeness (QED) is 0.281. The molecule has 0 bridgehead atoms. The van der Waals surface area contributed by atoms with E-state index in [-0.39, 0.29) is 24.0 Å². The molecule has 6 nitrogen and oxygen atoms in total. The Balaban J connectivity index is 0.00000364. The predicted octanol–water partition coefficient (Wildman–Crippen LogP) is 2.28. The highest BCUT2D eigenvalue weighted by atomic mass is 127. The van der Waals surface area contributed by atoms with Gasteiger partial charge in [-0.2, -0.15) is 13.2 Å². The third kappa shape index (κ3) is 8.50. The predicted molar refractivity (Wildman–Crippen MR) is 113 cm³/mol. The molecular formula is C17H28F3IN6. The van der Waals surface area contributed by atoms with Crippen LogP contribution < -0.4 is 10.2 Å². The Labute approximate surface area is 175 Å². The first-order valence-electron chi connectivity index (χ1n) is 8.76. The van der Waals surface area contributed by atoms with E-state index in [1.165, 1.54) is 11.9 Å². The van der Waals surface area contributed by atoms with Gasteiger partial charge < -0.3 is 15.1 Å². The first kappa shape index (κ1) is 23.7. The summed E-state index contributed by atoms with van der Waals surface area (Å²) in [6.45, 7) is 3.45. The van der Waals surface area contributed by atoms with Gasteiger partial charge >= 0.3 is 6.18 Å². The van der Waals surface area contributed by atoms with Crippen molar-refractivity contribution < 1.29 is 13.2 Å². The fourth-order valence-corrected chi connectivity index (χ4v) is 2.95. The van der Waals surface area contributed by atoms with Crippen LogP contribution in [0.2, 0.25) is 0 Å². The van der Waals surface area contributed by atoms with E-state index in [2.05, 4.69) is 25.1 Å². The van der Waals surface area contributed by atoms with Crippen LogP contribution >= 0.6 is 24.0 Å². The zero-order chi connectivity index (χ0) is 19.0. The van der Waals surface area contributed by atoms with Crippen molar-refractivity contribution in [1.82, 2.24) is 20.1 Å². The van der Waals surface area contributed by atoms with E-state index in [4.69, 9.17) is 0 Å². The van der Waals surface area contributed by atoms with Crippen LogP contribution in [0.4, 0.5) is 19.0 Å². The molecule has 2 rings (SSSR count). The minimum Gasteiger partial charge on any atom is -0.356 e. The number of hydrogen-bond donors (Lipinski definition) is 1. The molecule has 27 heavy (non-hydrogen) atoms. The van der Waals surface area contributed by atoms with E-state index in [0.29, 0.717) is 19.5 Å². The molecule has 154 valence electrons. The van der Waals surface area contributed by atoms with Gasteiger partial charge in [-0.15, -0.1) is 24.0 Å². The van der Waals surface area contributed by atoms with Crippen LogP contribution in [0.25, 0.3) is 0 Å². The Kier molecular flexibility index (Phi) is 10.1. The summed E-state index contributed by atoms with van der Waals surface area (Å²) in [6, 6.07) is 5.88. The van der Waals surface area contributed by atoms with Crippen molar-refractivity contribution in [3.8, 4) is 0 Å². The molecule has 1 saturated heterocycles. The van der Waals surface area contributed by atoms with Crippen molar-refractivity contribution in [2.45, 2.75) is 12.6 Å². The van der Waals surface area contributed by atoms with Gasteiger partial charge in [-0.3, -0.25) is 9.89 Å². The molecule has 0 unspecified atom stereocenters. The number of aliphatic imine (C=N–C) groups is 1. The van der Waals surface area contributed by atoms with Crippen LogP contribution in [0.1, 0.15) is 6.42 Å². The van der Waals surface area contributed by atoms with Crippen LogP contribution in [-0.2, 0) is 0 Å². The fourth-order valence-electron chi connectivity index (χ4n) is 2.95. The van der Waals surface area contributed by atoms with Crippen molar-refractivity contribution in [3.63, 3.8) is 0 Å². The summed E-state index contributed by atoms with van der Waals surface area (Å²) in [4.78, 5) is 14.3. The van der Waals surface area contributed by atoms with E-state index in [9.17, 15) is 13.2 Å². The molecule has 10 heteroatoms. The number of rotatable bonds is 6. The Morgan fingerprint density at radius 2 is 1.96 bits per heavy atom. The molecule has 1 N–H and O–H groups in total. The third-order valence-corrected chi connectivity index (χ3v) is 4.21. The average molecular weight is 500 g/mol. The van der Waals surface area contributed by atoms with E-state index >= 15 is 0 Å². The van der Waals surface area contributed by atoms with Crippen LogP contribution in [0.15, 0.2) is 29.4 Å². The smallest absolute Gasteiger partial charge is 0.356 e. The molecule has 1 aromatic heterocycles. The molecule has 0 aliphatic carbocycles. The van der Waals surface area contributed by atoms with Gasteiger partial charge in [-0.1, -0.05) is 6.07 Å². The summed E-state index contributed by atoms with van der Waals surface area (Å²) in [5, 5.41) is 3.25. The molecule has 0 radical (unpaired) electrons. The highest BCUT2D eigenvalue weighted by Crippen LogP contribution is 2.15. The highest BCUT2D eigenvalue weighted by Gasteiger charge is 2.28. The van der Waals surface area contributed by atoms with E-state index in [1.54, 1.807) is 13.2 Å². The summed E-state index contributed by atoms with van der Waals surface area (Å²) < 4.78 is 36.9. The Morgan fingerprint density at radius 1 is 1.26 bits per heavy atom. The number of guanidine groups is 1. The Morgan fingerprint density at radius 3 is 2.52 bits per heavy atom. The van der Waals surface area contributed by atoms with E-state index in [1.807, 2.05) is 18.2 Å². The van der Waals surface area contributed by atoms with Gasteiger partial charge in [0, 0.05) is 46.0 Å². The molecule has 0 atom stereocenters. The largest absolute Gasteiger partial charge is 0.401 e. The van der Waals surface area contributed by atoms with Gasteiger partial charge in [0.15, 0.2) is 5.96 Å². The molecule has 0 amide bonds. The first-order valence-corrected chi connectivity index (χ1v) is 8.76. The minimum absolute atomic E-state index is 0. The number of piperazine rings is 1. The standard InChI is InChI=1S/C17H27F3N6.HI/c1-21-16(23-8-5-9-24(2)14-17(18,19)20)26-12-10-25(11-13-26)15-6-3-4-7-22-15;/h3-4,6-7H,5,8-14H2,1-2H3,(H,21,23);1H. The zero-order valence-electron chi connectivity index (χ0n) is 15.7. The monoisotopic (exact) mass is 500 g/mol. The fraction of sp³-hybridized carbons (Fsp3) is 0.647. The topological polar surface area (TPSA) is 47.0 Å². The maximum absolute atomic E-state index is 12.3. The van der Waals surface area contributed by atoms with E-state index < -0.39 is 12.7 Å². The summed E-state index contributed by atoms with van der Waals surface area (Å²) >= 11 is 0. The van der Waals surface area contributed by atoms with Crippen LogP contribution in [0.5, 0.6) is 0 Å². The number of anilines is 1. The Hall–Kier alpha value is -1.30. The molecule has 1 aliphatic heterocycles. The Bertz CT molecular complexity index is 562. The number of nitrogens with zero attached hydrogens (tertiary/aromatic N) is 5. The molecular weight excluding hydrogens is 472 g/mol. The second-order valence-electron chi connectivity index (χ2n) is 6.34. The van der Waals surface area contributed by atoms with Gasteiger partial charge in [0.1, 0.15) is 5.82 Å². The maximum Gasteiger partial charge on any atom is 0.401 e. The summed E-state index contributed by atoms with van der Waals surface area (Å²) in [5.41, 5.74) is 0. The molecule has 2 heterocycles. The SMILES string of the molecule is CN=C(NCCCN(C)CC(F)(F)F)N1CCN(c2ccccn2)CC1.I. The minimum atomic E-state index is -4.15.